The van der Waals surface area contributed by atoms with Gasteiger partial charge in [-0.2, -0.15) is 0 Å². The van der Waals surface area contributed by atoms with E-state index in [1.165, 1.54) is 12.8 Å². The number of hydrogen-bond acceptors (Lipinski definition) is 5. The van der Waals surface area contributed by atoms with E-state index in [4.69, 9.17) is 4.74 Å². The number of nitrogens with zero attached hydrogens (tertiary/aromatic N) is 2. The standard InChI is InChI=1S/C19H26N4O2/c1-3-4-5-12-20-18-10-9-17(22-23-18)19(24)21-13-11-15-7-6-8-16(14-15)25-2/h6-10,14H,3-5,11-13H2,1-2H3,(H,20,23)(H,21,24). The Kier molecular flexibility index (Phi) is 7.69. The smallest absolute Gasteiger partial charge is 0.271 e. The summed E-state index contributed by atoms with van der Waals surface area (Å²) in [6.07, 6.45) is 4.20. The molecule has 0 saturated carbocycles. The first-order valence-corrected chi connectivity index (χ1v) is 8.71. The van der Waals surface area contributed by atoms with Gasteiger partial charge in [0, 0.05) is 13.1 Å². The lowest BCUT2D eigenvalue weighted by Crippen LogP contribution is -2.26. The van der Waals surface area contributed by atoms with E-state index in [9.17, 15) is 4.79 Å². The molecule has 6 nitrogen and oxygen atoms in total. The first-order valence-electron chi connectivity index (χ1n) is 8.71. The third kappa shape index (κ3) is 6.41. The van der Waals surface area contributed by atoms with E-state index in [-0.39, 0.29) is 5.91 Å². The number of carbonyl (C=O) groups excluding carboxylic acids is 1. The second-order valence-electron chi connectivity index (χ2n) is 5.80. The van der Waals surface area contributed by atoms with Crippen LogP contribution in [0.15, 0.2) is 36.4 Å². The summed E-state index contributed by atoms with van der Waals surface area (Å²) in [4.78, 5) is 12.1. The van der Waals surface area contributed by atoms with E-state index >= 15 is 0 Å². The highest BCUT2D eigenvalue weighted by Crippen LogP contribution is 2.12. The third-order valence-corrected chi connectivity index (χ3v) is 3.82. The van der Waals surface area contributed by atoms with Gasteiger partial charge < -0.3 is 15.4 Å². The molecule has 0 aliphatic carbocycles. The highest BCUT2D eigenvalue weighted by molar-refractivity contribution is 5.92. The molecule has 1 aromatic carbocycles. The maximum atomic E-state index is 12.1. The molecule has 0 aliphatic heterocycles. The molecule has 2 rings (SSSR count). The molecule has 0 saturated heterocycles. The Morgan fingerprint density at radius 3 is 2.72 bits per heavy atom. The van der Waals surface area contributed by atoms with Gasteiger partial charge in [0.05, 0.1) is 7.11 Å². The molecule has 0 unspecified atom stereocenters. The van der Waals surface area contributed by atoms with Crippen molar-refractivity contribution in [3.05, 3.63) is 47.7 Å². The van der Waals surface area contributed by atoms with Crippen molar-refractivity contribution in [2.45, 2.75) is 32.6 Å². The molecule has 0 bridgehead atoms. The molecule has 0 spiro atoms. The number of carbonyl (C=O) groups is 1. The van der Waals surface area contributed by atoms with Gasteiger partial charge in [-0.25, -0.2) is 0 Å². The average molecular weight is 342 g/mol. The largest absolute Gasteiger partial charge is 0.497 e. The fraction of sp³-hybridized carbons (Fsp3) is 0.421. The van der Waals surface area contributed by atoms with Crippen molar-refractivity contribution in [3.8, 4) is 5.75 Å². The number of benzene rings is 1. The van der Waals surface area contributed by atoms with Crippen LogP contribution in [0.3, 0.4) is 0 Å². The van der Waals surface area contributed by atoms with Gasteiger partial charge in [0.15, 0.2) is 5.69 Å². The van der Waals surface area contributed by atoms with Crippen LogP contribution in [0.4, 0.5) is 5.82 Å². The Morgan fingerprint density at radius 2 is 2.00 bits per heavy atom. The predicted molar refractivity (Wildman–Crippen MR) is 99.1 cm³/mol. The number of hydrogen-bond donors (Lipinski definition) is 2. The minimum atomic E-state index is -0.215. The second-order valence-corrected chi connectivity index (χ2v) is 5.80. The fourth-order valence-corrected chi connectivity index (χ4v) is 2.38. The van der Waals surface area contributed by atoms with Crippen LogP contribution >= 0.6 is 0 Å². The van der Waals surface area contributed by atoms with E-state index in [1.54, 1.807) is 19.2 Å². The highest BCUT2D eigenvalue weighted by atomic mass is 16.5. The van der Waals surface area contributed by atoms with Crippen molar-refractivity contribution in [3.63, 3.8) is 0 Å². The number of aromatic nitrogens is 2. The van der Waals surface area contributed by atoms with Crippen LogP contribution in [0.1, 0.15) is 42.2 Å². The van der Waals surface area contributed by atoms with Gasteiger partial charge >= 0.3 is 0 Å². The quantitative estimate of drug-likeness (QED) is 0.649. The van der Waals surface area contributed by atoms with Gasteiger partial charge in [-0.3, -0.25) is 4.79 Å². The Hall–Kier alpha value is -2.63. The number of ether oxygens (including phenoxy) is 1. The summed E-state index contributed by atoms with van der Waals surface area (Å²) in [7, 11) is 1.64. The Morgan fingerprint density at radius 1 is 1.12 bits per heavy atom. The minimum Gasteiger partial charge on any atom is -0.497 e. The van der Waals surface area contributed by atoms with Crippen LogP contribution in [-0.2, 0) is 6.42 Å². The predicted octanol–water partition coefficient (Wildman–Crippen LogP) is 3.06. The summed E-state index contributed by atoms with van der Waals surface area (Å²) in [6.45, 7) is 3.57. The molecule has 1 heterocycles. The SMILES string of the molecule is CCCCCNc1ccc(C(=O)NCCc2cccc(OC)c2)nn1. The molecule has 0 atom stereocenters. The van der Waals surface area contributed by atoms with Gasteiger partial charge in [-0.15, -0.1) is 10.2 Å². The molecule has 25 heavy (non-hydrogen) atoms. The molecule has 2 aromatic rings. The van der Waals surface area contributed by atoms with Crippen molar-refractivity contribution in [2.75, 3.05) is 25.5 Å². The Bertz CT molecular complexity index is 659. The maximum absolute atomic E-state index is 12.1. The van der Waals surface area contributed by atoms with Crippen LogP contribution in [-0.4, -0.2) is 36.3 Å². The number of amides is 1. The first kappa shape index (κ1) is 18.7. The van der Waals surface area contributed by atoms with Gasteiger partial charge in [-0.1, -0.05) is 31.9 Å². The summed E-state index contributed by atoms with van der Waals surface area (Å²) < 4.78 is 5.19. The fourth-order valence-electron chi connectivity index (χ4n) is 2.38. The molecule has 0 aliphatic rings. The van der Waals surface area contributed by atoms with E-state index in [0.29, 0.717) is 18.1 Å². The summed E-state index contributed by atoms with van der Waals surface area (Å²) >= 11 is 0. The molecule has 1 amide bonds. The summed E-state index contributed by atoms with van der Waals surface area (Å²) in [5.74, 6) is 1.30. The molecule has 134 valence electrons. The number of nitrogens with one attached hydrogen (secondary N) is 2. The van der Waals surface area contributed by atoms with Crippen LogP contribution in [0.25, 0.3) is 0 Å². The number of unbranched alkanes of at least 4 members (excludes halogenated alkanes) is 2. The van der Waals surface area contributed by atoms with Crippen LogP contribution < -0.4 is 15.4 Å². The van der Waals surface area contributed by atoms with Gasteiger partial charge in [0.25, 0.3) is 5.91 Å². The summed E-state index contributed by atoms with van der Waals surface area (Å²) in [5, 5.41) is 14.1. The van der Waals surface area contributed by atoms with Crippen LogP contribution in [0.5, 0.6) is 5.75 Å². The maximum Gasteiger partial charge on any atom is 0.271 e. The van der Waals surface area contributed by atoms with Crippen molar-refractivity contribution in [2.24, 2.45) is 0 Å². The Labute approximate surface area is 149 Å². The van der Waals surface area contributed by atoms with E-state index in [0.717, 1.165) is 30.7 Å². The molecule has 0 fully saturated rings. The third-order valence-electron chi connectivity index (χ3n) is 3.82. The van der Waals surface area contributed by atoms with Crippen molar-refractivity contribution in [1.29, 1.82) is 0 Å². The molecule has 6 heteroatoms. The minimum absolute atomic E-state index is 0.215. The normalized spacial score (nSPS) is 10.3. The van der Waals surface area contributed by atoms with E-state index in [1.807, 2.05) is 24.3 Å². The first-order chi connectivity index (χ1) is 12.2. The topological polar surface area (TPSA) is 76.1 Å². The van der Waals surface area contributed by atoms with Crippen LogP contribution in [0, 0.1) is 0 Å². The van der Waals surface area contributed by atoms with E-state index < -0.39 is 0 Å². The van der Waals surface area contributed by atoms with Crippen molar-refractivity contribution < 1.29 is 9.53 Å². The lowest BCUT2D eigenvalue weighted by Gasteiger charge is -2.07. The lowest BCUT2D eigenvalue weighted by atomic mass is 10.1. The average Bonchev–Trinajstić information content (AvgIpc) is 2.66. The van der Waals surface area contributed by atoms with E-state index in [2.05, 4.69) is 27.8 Å². The molecule has 1 aromatic heterocycles. The molecule has 2 N–H and O–H groups in total. The van der Waals surface area contributed by atoms with Gasteiger partial charge in [0.1, 0.15) is 11.6 Å². The number of rotatable bonds is 10. The molecular weight excluding hydrogens is 316 g/mol. The zero-order chi connectivity index (χ0) is 17.9. The summed E-state index contributed by atoms with van der Waals surface area (Å²) in [6, 6.07) is 11.3. The zero-order valence-electron chi connectivity index (χ0n) is 14.9. The highest BCUT2D eigenvalue weighted by Gasteiger charge is 2.07. The zero-order valence-corrected chi connectivity index (χ0v) is 14.9. The van der Waals surface area contributed by atoms with Gasteiger partial charge in [-0.05, 0) is 42.7 Å². The monoisotopic (exact) mass is 342 g/mol. The molecule has 0 radical (unpaired) electrons. The Balaban J connectivity index is 1.76. The van der Waals surface area contributed by atoms with Crippen molar-refractivity contribution in [1.82, 2.24) is 15.5 Å². The second kappa shape index (κ2) is 10.3. The number of methoxy groups -OCH3 is 1. The van der Waals surface area contributed by atoms with Crippen LogP contribution in [0.2, 0.25) is 0 Å². The van der Waals surface area contributed by atoms with Crippen molar-refractivity contribution >= 4 is 11.7 Å². The summed E-state index contributed by atoms with van der Waals surface area (Å²) in [5.41, 5.74) is 1.43. The number of anilines is 1. The lowest BCUT2D eigenvalue weighted by molar-refractivity contribution is 0.0948. The van der Waals surface area contributed by atoms with Gasteiger partial charge in [0.2, 0.25) is 0 Å². The molecular formula is C19H26N4O2.